The van der Waals surface area contributed by atoms with Crippen molar-refractivity contribution in [1.29, 1.82) is 0 Å². The molecule has 0 bridgehead atoms. The highest BCUT2D eigenvalue weighted by atomic mass is 32.1. The van der Waals surface area contributed by atoms with E-state index >= 15 is 0 Å². The fraction of sp³-hybridized carbons (Fsp3) is 0.292. The van der Waals surface area contributed by atoms with E-state index < -0.39 is 5.97 Å². The number of nitrogens with zero attached hydrogens (tertiary/aromatic N) is 1. The summed E-state index contributed by atoms with van der Waals surface area (Å²) < 4.78 is 0. The molecular formula is C24H25NO2S. The van der Waals surface area contributed by atoms with E-state index in [1.54, 1.807) is 11.3 Å². The van der Waals surface area contributed by atoms with Crippen molar-refractivity contribution in [3.8, 4) is 11.1 Å². The van der Waals surface area contributed by atoms with Gasteiger partial charge in [-0.1, -0.05) is 54.6 Å². The molecule has 144 valence electrons. The van der Waals surface area contributed by atoms with E-state index in [0.717, 1.165) is 19.4 Å². The van der Waals surface area contributed by atoms with Crippen LogP contribution in [0.3, 0.4) is 0 Å². The number of aryl methyl sites for hydroxylation is 1. The van der Waals surface area contributed by atoms with E-state index in [4.69, 9.17) is 0 Å². The molecule has 3 aromatic rings. The van der Waals surface area contributed by atoms with Gasteiger partial charge in [0.15, 0.2) is 0 Å². The van der Waals surface area contributed by atoms with Gasteiger partial charge in [0.1, 0.15) is 0 Å². The fourth-order valence-corrected chi connectivity index (χ4v) is 5.21. The Hall–Kier alpha value is -2.43. The van der Waals surface area contributed by atoms with E-state index in [9.17, 15) is 9.90 Å². The summed E-state index contributed by atoms with van der Waals surface area (Å²) in [5.74, 6) is -0.953. The number of carboxylic acids is 1. The Labute approximate surface area is 170 Å². The highest BCUT2D eigenvalue weighted by molar-refractivity contribution is 7.10. The summed E-state index contributed by atoms with van der Waals surface area (Å²) in [4.78, 5) is 15.3. The molecule has 0 saturated carbocycles. The van der Waals surface area contributed by atoms with Gasteiger partial charge in [0.25, 0.3) is 0 Å². The molecule has 1 fully saturated rings. The molecule has 1 N–H and O–H groups in total. The van der Waals surface area contributed by atoms with Gasteiger partial charge in [-0.15, -0.1) is 11.3 Å². The van der Waals surface area contributed by atoms with Crippen molar-refractivity contribution in [1.82, 2.24) is 4.90 Å². The molecule has 4 heteroatoms. The first-order valence-electron chi connectivity index (χ1n) is 9.79. The van der Waals surface area contributed by atoms with Gasteiger partial charge >= 0.3 is 5.97 Å². The summed E-state index contributed by atoms with van der Waals surface area (Å²) in [5, 5.41) is 11.7. The summed E-state index contributed by atoms with van der Waals surface area (Å²) in [7, 11) is 0. The lowest BCUT2D eigenvalue weighted by Gasteiger charge is -2.37. The van der Waals surface area contributed by atoms with Crippen LogP contribution < -0.4 is 0 Å². The number of rotatable bonds is 5. The van der Waals surface area contributed by atoms with Gasteiger partial charge in [0.05, 0.1) is 12.0 Å². The minimum Gasteiger partial charge on any atom is -0.481 e. The van der Waals surface area contributed by atoms with E-state index in [1.807, 2.05) is 6.07 Å². The highest BCUT2D eigenvalue weighted by Gasteiger charge is 2.32. The Bertz CT molecular complexity index is 933. The number of piperidine rings is 1. The average Bonchev–Trinajstić information content (AvgIpc) is 3.15. The second-order valence-corrected chi connectivity index (χ2v) is 8.48. The van der Waals surface area contributed by atoms with E-state index in [2.05, 4.69) is 71.8 Å². The zero-order chi connectivity index (χ0) is 19.5. The van der Waals surface area contributed by atoms with Crippen molar-refractivity contribution in [2.75, 3.05) is 13.1 Å². The van der Waals surface area contributed by atoms with Gasteiger partial charge < -0.3 is 5.11 Å². The minimum absolute atomic E-state index is 0.118. The number of hydrogen-bond acceptors (Lipinski definition) is 3. The first-order chi connectivity index (χ1) is 13.6. The van der Waals surface area contributed by atoms with Crippen LogP contribution in [0.2, 0.25) is 0 Å². The molecule has 4 rings (SSSR count). The predicted molar refractivity (Wildman–Crippen MR) is 115 cm³/mol. The Morgan fingerprint density at radius 3 is 2.43 bits per heavy atom. The number of aliphatic carboxylic acids is 1. The van der Waals surface area contributed by atoms with Crippen LogP contribution in [-0.4, -0.2) is 29.1 Å². The SMILES string of the molecule is Cc1ccsc1C(c1ccc(-c2ccccc2)cc1)N1CCCC(C(=O)O)C1. The second-order valence-electron chi connectivity index (χ2n) is 7.53. The standard InChI is InChI=1S/C24H25NO2S/c1-17-13-15-28-23(17)22(25-14-5-8-21(16-25)24(26)27)20-11-9-19(10-12-20)18-6-3-2-4-7-18/h2-4,6-7,9-13,15,21-22H,5,8,14,16H2,1H3,(H,26,27). The van der Waals surface area contributed by atoms with E-state index in [0.29, 0.717) is 6.54 Å². The lowest BCUT2D eigenvalue weighted by atomic mass is 9.92. The summed E-state index contributed by atoms with van der Waals surface area (Å²) >= 11 is 1.77. The van der Waals surface area contributed by atoms with Gasteiger partial charge in [-0.05, 0) is 60.0 Å². The van der Waals surface area contributed by atoms with Crippen molar-refractivity contribution in [3.63, 3.8) is 0 Å². The topological polar surface area (TPSA) is 40.5 Å². The lowest BCUT2D eigenvalue weighted by Crippen LogP contribution is -2.41. The summed E-state index contributed by atoms with van der Waals surface area (Å²) in [5.41, 5.74) is 4.92. The monoisotopic (exact) mass is 391 g/mol. The predicted octanol–water partition coefficient (Wildman–Crippen LogP) is 5.61. The molecule has 1 aliphatic rings. The first-order valence-corrected chi connectivity index (χ1v) is 10.7. The Kier molecular flexibility index (Phi) is 5.60. The van der Waals surface area contributed by atoms with E-state index in [1.165, 1.54) is 27.1 Å². The molecule has 2 heterocycles. The van der Waals surface area contributed by atoms with E-state index in [-0.39, 0.29) is 12.0 Å². The zero-order valence-electron chi connectivity index (χ0n) is 16.0. The fourth-order valence-electron chi connectivity index (χ4n) is 4.12. The highest BCUT2D eigenvalue weighted by Crippen LogP contribution is 2.37. The molecule has 0 spiro atoms. The van der Waals surface area contributed by atoms with Gasteiger partial charge in [0, 0.05) is 11.4 Å². The third kappa shape index (κ3) is 3.89. The largest absolute Gasteiger partial charge is 0.481 e. The minimum atomic E-state index is -0.675. The van der Waals surface area contributed by atoms with Crippen LogP contribution >= 0.6 is 11.3 Å². The maximum absolute atomic E-state index is 11.6. The molecule has 1 aliphatic heterocycles. The normalized spacial score (nSPS) is 18.7. The van der Waals surface area contributed by atoms with Gasteiger partial charge in [-0.25, -0.2) is 0 Å². The smallest absolute Gasteiger partial charge is 0.307 e. The molecule has 3 nitrogen and oxygen atoms in total. The number of likely N-dealkylation sites (tertiary alicyclic amines) is 1. The maximum Gasteiger partial charge on any atom is 0.307 e. The van der Waals surface area contributed by atoms with Crippen LogP contribution in [0.4, 0.5) is 0 Å². The third-order valence-corrected chi connectivity index (χ3v) is 6.72. The molecule has 1 saturated heterocycles. The number of thiophene rings is 1. The molecule has 1 aromatic heterocycles. The van der Waals surface area contributed by atoms with Gasteiger partial charge in [-0.2, -0.15) is 0 Å². The van der Waals surface area contributed by atoms with Crippen LogP contribution in [0.15, 0.2) is 66.0 Å². The van der Waals surface area contributed by atoms with Crippen LogP contribution in [0.5, 0.6) is 0 Å². The molecule has 0 amide bonds. The molecule has 0 radical (unpaired) electrons. The Balaban J connectivity index is 1.68. The van der Waals surface area contributed by atoms with Crippen molar-refractivity contribution in [2.24, 2.45) is 5.92 Å². The molecule has 28 heavy (non-hydrogen) atoms. The Morgan fingerprint density at radius 2 is 1.79 bits per heavy atom. The first kappa shape index (κ1) is 18.9. The second kappa shape index (κ2) is 8.29. The zero-order valence-corrected chi connectivity index (χ0v) is 16.9. The summed E-state index contributed by atoms with van der Waals surface area (Å²) in [6.07, 6.45) is 1.70. The summed E-state index contributed by atoms with van der Waals surface area (Å²) in [6, 6.07) is 21.4. The van der Waals surface area contributed by atoms with Crippen molar-refractivity contribution >= 4 is 17.3 Å². The molecule has 2 unspecified atom stereocenters. The van der Waals surface area contributed by atoms with Gasteiger partial charge in [0.2, 0.25) is 0 Å². The van der Waals surface area contributed by atoms with Crippen molar-refractivity contribution in [3.05, 3.63) is 82.0 Å². The summed E-state index contributed by atoms with van der Waals surface area (Å²) in [6.45, 7) is 3.69. The third-order valence-electron chi connectivity index (χ3n) is 5.65. The van der Waals surface area contributed by atoms with Crippen LogP contribution in [0, 0.1) is 12.8 Å². The average molecular weight is 392 g/mol. The quantitative estimate of drug-likeness (QED) is 0.614. The van der Waals surface area contributed by atoms with Crippen molar-refractivity contribution < 1.29 is 9.90 Å². The molecular weight excluding hydrogens is 366 g/mol. The molecule has 2 aromatic carbocycles. The van der Waals surface area contributed by atoms with Crippen LogP contribution in [0.25, 0.3) is 11.1 Å². The molecule has 0 aliphatic carbocycles. The van der Waals surface area contributed by atoms with Crippen LogP contribution in [-0.2, 0) is 4.79 Å². The van der Waals surface area contributed by atoms with Crippen LogP contribution in [0.1, 0.15) is 34.9 Å². The molecule has 2 atom stereocenters. The number of carboxylic acid groups (broad SMARTS) is 1. The van der Waals surface area contributed by atoms with Crippen molar-refractivity contribution in [2.45, 2.75) is 25.8 Å². The Morgan fingerprint density at radius 1 is 1.07 bits per heavy atom. The maximum atomic E-state index is 11.6. The number of benzene rings is 2. The number of carbonyl (C=O) groups is 1. The number of hydrogen-bond donors (Lipinski definition) is 1. The van der Waals surface area contributed by atoms with Gasteiger partial charge in [-0.3, -0.25) is 9.69 Å². The lowest BCUT2D eigenvalue weighted by molar-refractivity contribution is -0.143.